The highest BCUT2D eigenvalue weighted by Crippen LogP contribution is 2.34. The summed E-state index contributed by atoms with van der Waals surface area (Å²) in [5.41, 5.74) is 0.317. The molecule has 2 N–H and O–H groups in total. The summed E-state index contributed by atoms with van der Waals surface area (Å²) in [6.07, 6.45) is 0. The molecule has 0 radical (unpaired) electrons. The number of sulfonamides is 1. The first-order valence-corrected chi connectivity index (χ1v) is 9.44. The van der Waals surface area contributed by atoms with Gasteiger partial charge in [-0.05, 0) is 56.7 Å². The lowest BCUT2D eigenvalue weighted by Gasteiger charge is -2.18. The highest BCUT2D eigenvalue weighted by atomic mass is 32.2. The molecule has 1 heterocycles. The number of halogens is 1. The van der Waals surface area contributed by atoms with Gasteiger partial charge in [-0.25, -0.2) is 12.8 Å². The number of carbonyl (C=O) groups is 1. The molecule has 0 aromatic heterocycles. The maximum absolute atomic E-state index is 13.4. The molecular formula is C18H19FN2O4S. The number of amides is 1. The molecular weight excluding hydrogens is 359 g/mol. The number of fused-ring (bicyclic) bond motifs is 1. The third-order valence-corrected chi connectivity index (χ3v) is 5.65. The summed E-state index contributed by atoms with van der Waals surface area (Å²) in [5, 5.41) is 2.74. The molecule has 2 aromatic carbocycles. The number of benzene rings is 2. The van der Waals surface area contributed by atoms with Gasteiger partial charge in [0, 0.05) is 0 Å². The van der Waals surface area contributed by atoms with Gasteiger partial charge in [0.25, 0.3) is 10.0 Å². The SMILES string of the molecule is Cc1ccc(F)cc1S(=O)(=O)Nc1ccc2c(c1)NC(=O)C(C)(C)CO2. The number of ether oxygens (including phenoxy) is 1. The summed E-state index contributed by atoms with van der Waals surface area (Å²) in [6, 6.07) is 8.14. The Morgan fingerprint density at radius 1 is 1.19 bits per heavy atom. The number of hydrogen-bond acceptors (Lipinski definition) is 4. The largest absolute Gasteiger partial charge is 0.490 e. The van der Waals surface area contributed by atoms with Crippen molar-refractivity contribution in [3.8, 4) is 5.75 Å². The normalized spacial score (nSPS) is 16.1. The topological polar surface area (TPSA) is 84.5 Å². The molecule has 26 heavy (non-hydrogen) atoms. The lowest BCUT2D eigenvalue weighted by Crippen LogP contribution is -2.33. The van der Waals surface area contributed by atoms with Gasteiger partial charge in [0.2, 0.25) is 5.91 Å². The first kappa shape index (κ1) is 18.2. The van der Waals surface area contributed by atoms with E-state index in [0.717, 1.165) is 6.07 Å². The number of carbonyl (C=O) groups excluding carboxylic acids is 1. The van der Waals surface area contributed by atoms with Crippen LogP contribution in [-0.4, -0.2) is 20.9 Å². The van der Waals surface area contributed by atoms with E-state index in [1.807, 2.05) is 0 Å². The minimum atomic E-state index is -3.98. The third kappa shape index (κ3) is 3.50. The van der Waals surface area contributed by atoms with Crippen molar-refractivity contribution < 1.29 is 22.3 Å². The summed E-state index contributed by atoms with van der Waals surface area (Å²) in [4.78, 5) is 12.1. The van der Waals surface area contributed by atoms with Crippen molar-refractivity contribution in [1.29, 1.82) is 0 Å². The quantitative estimate of drug-likeness (QED) is 0.858. The summed E-state index contributed by atoms with van der Waals surface area (Å²) >= 11 is 0. The number of nitrogens with one attached hydrogen (secondary N) is 2. The average molecular weight is 378 g/mol. The van der Waals surface area contributed by atoms with Crippen LogP contribution in [-0.2, 0) is 14.8 Å². The monoisotopic (exact) mass is 378 g/mol. The van der Waals surface area contributed by atoms with E-state index < -0.39 is 21.3 Å². The lowest BCUT2D eigenvalue weighted by molar-refractivity contribution is -0.124. The Balaban J connectivity index is 1.93. The standard InChI is InChI=1S/C18H19FN2O4S/c1-11-4-5-12(19)8-16(11)26(23,24)21-13-6-7-15-14(9-13)20-17(22)18(2,3)10-25-15/h4-9,21H,10H2,1-3H3,(H,20,22). The van der Waals surface area contributed by atoms with Crippen LogP contribution in [0.25, 0.3) is 0 Å². The van der Waals surface area contributed by atoms with Crippen LogP contribution in [0, 0.1) is 18.2 Å². The van der Waals surface area contributed by atoms with Gasteiger partial charge in [-0.3, -0.25) is 9.52 Å². The molecule has 1 amide bonds. The van der Waals surface area contributed by atoms with Gasteiger partial charge in [0.15, 0.2) is 0 Å². The van der Waals surface area contributed by atoms with Crippen molar-refractivity contribution >= 4 is 27.3 Å². The van der Waals surface area contributed by atoms with Gasteiger partial charge < -0.3 is 10.1 Å². The van der Waals surface area contributed by atoms with Gasteiger partial charge in [0.1, 0.15) is 18.2 Å². The second-order valence-electron chi connectivity index (χ2n) is 6.85. The maximum atomic E-state index is 13.4. The molecule has 0 saturated carbocycles. The molecule has 0 fully saturated rings. The predicted octanol–water partition coefficient (Wildman–Crippen LogP) is 3.29. The fourth-order valence-corrected chi connectivity index (χ4v) is 3.81. The molecule has 1 aliphatic heterocycles. The van der Waals surface area contributed by atoms with Crippen molar-refractivity contribution in [3.63, 3.8) is 0 Å². The van der Waals surface area contributed by atoms with Gasteiger partial charge in [-0.1, -0.05) is 6.07 Å². The second kappa shape index (κ2) is 6.28. The molecule has 0 saturated heterocycles. The molecule has 138 valence electrons. The third-order valence-electron chi connectivity index (χ3n) is 4.12. The van der Waals surface area contributed by atoms with E-state index in [1.54, 1.807) is 26.8 Å². The van der Waals surface area contributed by atoms with Crippen molar-refractivity contribution in [2.45, 2.75) is 25.7 Å². The zero-order valence-electron chi connectivity index (χ0n) is 14.6. The minimum absolute atomic E-state index is 0.145. The molecule has 0 bridgehead atoms. The Labute approximate surface area is 151 Å². The van der Waals surface area contributed by atoms with E-state index in [-0.39, 0.29) is 23.1 Å². The molecule has 0 unspecified atom stereocenters. The van der Waals surface area contributed by atoms with Crippen LogP contribution in [0.5, 0.6) is 5.75 Å². The molecule has 2 aromatic rings. The summed E-state index contributed by atoms with van der Waals surface area (Å²) in [6.45, 7) is 5.30. The summed E-state index contributed by atoms with van der Waals surface area (Å²) in [5.74, 6) is -0.410. The molecule has 0 atom stereocenters. The molecule has 8 heteroatoms. The van der Waals surface area contributed by atoms with E-state index in [0.29, 0.717) is 17.0 Å². The Kier molecular flexibility index (Phi) is 4.39. The smallest absolute Gasteiger partial charge is 0.262 e. The van der Waals surface area contributed by atoms with Crippen molar-refractivity contribution in [2.75, 3.05) is 16.6 Å². The Bertz CT molecular complexity index is 987. The highest BCUT2D eigenvalue weighted by Gasteiger charge is 2.32. The van der Waals surface area contributed by atoms with Crippen LogP contribution < -0.4 is 14.8 Å². The first-order valence-electron chi connectivity index (χ1n) is 7.96. The maximum Gasteiger partial charge on any atom is 0.262 e. The van der Waals surface area contributed by atoms with Crippen LogP contribution in [0.3, 0.4) is 0 Å². The average Bonchev–Trinajstić information content (AvgIpc) is 2.66. The molecule has 0 aliphatic carbocycles. The van der Waals surface area contributed by atoms with Gasteiger partial charge in [0.05, 0.1) is 21.7 Å². The van der Waals surface area contributed by atoms with Gasteiger partial charge >= 0.3 is 0 Å². The van der Waals surface area contributed by atoms with Crippen LogP contribution >= 0.6 is 0 Å². The van der Waals surface area contributed by atoms with E-state index in [2.05, 4.69) is 10.0 Å². The van der Waals surface area contributed by atoms with Crippen molar-refractivity contribution in [3.05, 3.63) is 47.8 Å². The van der Waals surface area contributed by atoms with E-state index in [9.17, 15) is 17.6 Å². The van der Waals surface area contributed by atoms with E-state index in [1.165, 1.54) is 24.3 Å². The Morgan fingerprint density at radius 3 is 2.65 bits per heavy atom. The second-order valence-corrected chi connectivity index (χ2v) is 8.50. The van der Waals surface area contributed by atoms with Gasteiger partial charge in [-0.2, -0.15) is 0 Å². The lowest BCUT2D eigenvalue weighted by atomic mass is 9.94. The number of aryl methyl sites for hydroxylation is 1. The zero-order valence-corrected chi connectivity index (χ0v) is 15.4. The molecule has 6 nitrogen and oxygen atoms in total. The number of hydrogen-bond donors (Lipinski definition) is 2. The highest BCUT2D eigenvalue weighted by molar-refractivity contribution is 7.92. The summed E-state index contributed by atoms with van der Waals surface area (Å²) < 4.78 is 46.6. The Morgan fingerprint density at radius 2 is 1.92 bits per heavy atom. The van der Waals surface area contributed by atoms with Crippen LogP contribution in [0.1, 0.15) is 19.4 Å². The minimum Gasteiger partial charge on any atom is -0.490 e. The summed E-state index contributed by atoms with van der Waals surface area (Å²) in [7, 11) is -3.98. The van der Waals surface area contributed by atoms with Gasteiger partial charge in [-0.15, -0.1) is 0 Å². The molecule has 1 aliphatic rings. The number of anilines is 2. The zero-order chi connectivity index (χ0) is 19.1. The Hall–Kier alpha value is -2.61. The molecule has 0 spiro atoms. The molecule has 3 rings (SSSR count). The number of rotatable bonds is 3. The fourth-order valence-electron chi connectivity index (χ4n) is 2.51. The first-order chi connectivity index (χ1) is 12.1. The van der Waals surface area contributed by atoms with E-state index >= 15 is 0 Å². The van der Waals surface area contributed by atoms with Crippen LogP contribution in [0.15, 0.2) is 41.3 Å². The van der Waals surface area contributed by atoms with Crippen LogP contribution in [0.2, 0.25) is 0 Å². The van der Waals surface area contributed by atoms with Crippen molar-refractivity contribution in [1.82, 2.24) is 0 Å². The van der Waals surface area contributed by atoms with Crippen LogP contribution in [0.4, 0.5) is 15.8 Å². The van der Waals surface area contributed by atoms with Crippen molar-refractivity contribution in [2.24, 2.45) is 5.41 Å². The predicted molar refractivity (Wildman–Crippen MR) is 96.3 cm³/mol. The van der Waals surface area contributed by atoms with E-state index in [4.69, 9.17) is 4.74 Å². The fraction of sp³-hybridized carbons (Fsp3) is 0.278.